The minimum atomic E-state index is -3.74. The molecule has 0 spiro atoms. The van der Waals surface area contributed by atoms with Gasteiger partial charge in [-0.15, -0.1) is 11.3 Å². The summed E-state index contributed by atoms with van der Waals surface area (Å²) in [7, 11) is -2.22. The van der Waals surface area contributed by atoms with Gasteiger partial charge in [-0.05, 0) is 54.8 Å². The van der Waals surface area contributed by atoms with E-state index < -0.39 is 10.0 Å². The Kier molecular flexibility index (Phi) is 7.00. The second-order valence-corrected chi connectivity index (χ2v) is 8.97. The summed E-state index contributed by atoms with van der Waals surface area (Å²) in [6.45, 7) is 2.82. The smallest absolute Gasteiger partial charge is 0.274 e. The van der Waals surface area contributed by atoms with Crippen LogP contribution in [0.5, 0.6) is 17.2 Å². The minimum absolute atomic E-state index is 0.133. The van der Waals surface area contributed by atoms with Crippen molar-refractivity contribution in [1.82, 2.24) is 0 Å². The molecular weight excluding hydrogens is 410 g/mol. The fourth-order valence-electron chi connectivity index (χ4n) is 2.77. The monoisotopic (exact) mass is 433 g/mol. The van der Waals surface area contributed by atoms with Crippen molar-refractivity contribution in [2.75, 3.05) is 31.2 Å². The Labute approximate surface area is 175 Å². The highest BCUT2D eigenvalue weighted by molar-refractivity contribution is 7.94. The molecule has 0 amide bonds. The SMILES string of the molecule is CCOc1ccc(OCCN(c2ccccc2OC)S(=O)(=O)c2cccs2)cc1. The summed E-state index contributed by atoms with van der Waals surface area (Å²) in [6, 6.07) is 17.6. The standard InChI is InChI=1S/C21H23NO5S2/c1-3-26-17-10-12-18(13-11-17)27-15-14-22(19-7-4-5-8-20(19)25-2)29(23,24)21-9-6-16-28-21/h4-13,16H,3,14-15H2,1-2H3. The summed E-state index contributed by atoms with van der Waals surface area (Å²) >= 11 is 1.18. The molecule has 0 saturated heterocycles. The second-order valence-electron chi connectivity index (χ2n) is 5.93. The van der Waals surface area contributed by atoms with E-state index in [1.165, 1.54) is 22.8 Å². The van der Waals surface area contributed by atoms with Crippen molar-refractivity contribution < 1.29 is 22.6 Å². The van der Waals surface area contributed by atoms with Gasteiger partial charge in [0.2, 0.25) is 0 Å². The molecule has 0 radical (unpaired) electrons. The zero-order valence-electron chi connectivity index (χ0n) is 16.3. The maximum absolute atomic E-state index is 13.2. The van der Waals surface area contributed by atoms with Gasteiger partial charge in [0.1, 0.15) is 28.1 Å². The zero-order chi connectivity index (χ0) is 20.7. The third-order valence-electron chi connectivity index (χ3n) is 4.09. The van der Waals surface area contributed by atoms with E-state index in [1.807, 2.05) is 19.1 Å². The molecule has 3 rings (SSSR count). The zero-order valence-corrected chi connectivity index (χ0v) is 17.9. The fourth-order valence-corrected chi connectivity index (χ4v) is 5.33. The predicted molar refractivity (Wildman–Crippen MR) is 115 cm³/mol. The van der Waals surface area contributed by atoms with Gasteiger partial charge < -0.3 is 14.2 Å². The number of nitrogens with zero attached hydrogens (tertiary/aromatic N) is 1. The van der Waals surface area contributed by atoms with Crippen LogP contribution in [0.25, 0.3) is 0 Å². The summed E-state index contributed by atoms with van der Waals surface area (Å²) < 4.78 is 44.6. The molecule has 154 valence electrons. The molecule has 1 heterocycles. The molecule has 8 heteroatoms. The first-order valence-corrected chi connectivity index (χ1v) is 11.4. The number of benzene rings is 2. The Morgan fingerprint density at radius 2 is 1.62 bits per heavy atom. The van der Waals surface area contributed by atoms with Crippen molar-refractivity contribution in [3.8, 4) is 17.2 Å². The van der Waals surface area contributed by atoms with Crippen molar-refractivity contribution in [2.45, 2.75) is 11.1 Å². The van der Waals surface area contributed by atoms with E-state index in [0.717, 1.165) is 5.75 Å². The van der Waals surface area contributed by atoms with Gasteiger partial charge in [-0.1, -0.05) is 18.2 Å². The normalized spacial score (nSPS) is 11.1. The average molecular weight is 434 g/mol. The first-order chi connectivity index (χ1) is 14.1. The van der Waals surface area contributed by atoms with Crippen molar-refractivity contribution in [3.63, 3.8) is 0 Å². The van der Waals surface area contributed by atoms with Crippen molar-refractivity contribution in [3.05, 3.63) is 66.0 Å². The molecule has 0 saturated carbocycles. The van der Waals surface area contributed by atoms with E-state index in [4.69, 9.17) is 14.2 Å². The fraction of sp³-hybridized carbons (Fsp3) is 0.238. The number of hydrogen-bond acceptors (Lipinski definition) is 6. The molecular formula is C21H23NO5S2. The molecule has 0 aliphatic heterocycles. The molecule has 29 heavy (non-hydrogen) atoms. The summed E-state index contributed by atoms with van der Waals surface area (Å²) in [6.07, 6.45) is 0. The third kappa shape index (κ3) is 5.02. The van der Waals surface area contributed by atoms with E-state index in [0.29, 0.717) is 23.8 Å². The lowest BCUT2D eigenvalue weighted by molar-refractivity contribution is 0.323. The molecule has 0 aliphatic rings. The van der Waals surface area contributed by atoms with E-state index >= 15 is 0 Å². The highest BCUT2D eigenvalue weighted by Gasteiger charge is 2.28. The molecule has 0 atom stereocenters. The van der Waals surface area contributed by atoms with Gasteiger partial charge in [-0.2, -0.15) is 0 Å². The molecule has 0 fully saturated rings. The first kappa shape index (κ1) is 21.0. The molecule has 0 N–H and O–H groups in total. The van der Waals surface area contributed by atoms with Crippen LogP contribution < -0.4 is 18.5 Å². The van der Waals surface area contributed by atoms with Gasteiger partial charge in [0.15, 0.2) is 0 Å². The van der Waals surface area contributed by atoms with E-state index in [2.05, 4.69) is 0 Å². The summed E-state index contributed by atoms with van der Waals surface area (Å²) in [5, 5.41) is 1.74. The Balaban J connectivity index is 1.80. The van der Waals surface area contributed by atoms with Gasteiger partial charge >= 0.3 is 0 Å². The van der Waals surface area contributed by atoms with Gasteiger partial charge in [0.05, 0.1) is 25.9 Å². The number of ether oxygens (including phenoxy) is 3. The highest BCUT2D eigenvalue weighted by atomic mass is 32.2. The third-order valence-corrected chi connectivity index (χ3v) is 7.28. The quantitative estimate of drug-likeness (QED) is 0.473. The number of rotatable bonds is 10. The van der Waals surface area contributed by atoms with Crippen molar-refractivity contribution >= 4 is 27.0 Å². The number of thiophene rings is 1. The Morgan fingerprint density at radius 1 is 0.931 bits per heavy atom. The highest BCUT2D eigenvalue weighted by Crippen LogP contribution is 2.33. The van der Waals surface area contributed by atoms with Gasteiger partial charge in [0.25, 0.3) is 10.0 Å². The molecule has 2 aromatic carbocycles. The molecule has 0 bridgehead atoms. The van der Waals surface area contributed by atoms with Crippen LogP contribution in [0.2, 0.25) is 0 Å². The van der Waals surface area contributed by atoms with E-state index in [9.17, 15) is 8.42 Å². The van der Waals surface area contributed by atoms with E-state index in [-0.39, 0.29) is 17.4 Å². The van der Waals surface area contributed by atoms with Gasteiger partial charge in [-0.25, -0.2) is 8.42 Å². The van der Waals surface area contributed by atoms with Crippen LogP contribution >= 0.6 is 11.3 Å². The number of sulfonamides is 1. The molecule has 6 nitrogen and oxygen atoms in total. The Bertz CT molecular complexity index is 1000. The lowest BCUT2D eigenvalue weighted by atomic mass is 10.3. The average Bonchev–Trinajstić information content (AvgIpc) is 3.28. The van der Waals surface area contributed by atoms with Crippen LogP contribution in [-0.2, 0) is 10.0 Å². The number of methoxy groups -OCH3 is 1. The number of hydrogen-bond donors (Lipinski definition) is 0. The summed E-state index contributed by atoms with van der Waals surface area (Å²) in [4.78, 5) is 0. The lowest BCUT2D eigenvalue weighted by Gasteiger charge is -2.25. The maximum atomic E-state index is 13.2. The van der Waals surface area contributed by atoms with Crippen LogP contribution in [0.4, 0.5) is 5.69 Å². The van der Waals surface area contributed by atoms with Crippen LogP contribution in [0.15, 0.2) is 70.3 Å². The lowest BCUT2D eigenvalue weighted by Crippen LogP contribution is -2.34. The number of para-hydroxylation sites is 2. The van der Waals surface area contributed by atoms with Crippen LogP contribution in [-0.4, -0.2) is 35.3 Å². The molecule has 3 aromatic rings. The summed E-state index contributed by atoms with van der Waals surface area (Å²) in [5.41, 5.74) is 0.471. The van der Waals surface area contributed by atoms with Gasteiger partial charge in [-0.3, -0.25) is 4.31 Å². The van der Waals surface area contributed by atoms with Crippen LogP contribution in [0.3, 0.4) is 0 Å². The van der Waals surface area contributed by atoms with Crippen LogP contribution in [0.1, 0.15) is 6.92 Å². The van der Waals surface area contributed by atoms with E-state index in [1.54, 1.807) is 53.9 Å². The molecule has 0 unspecified atom stereocenters. The van der Waals surface area contributed by atoms with Gasteiger partial charge in [0, 0.05) is 0 Å². The Morgan fingerprint density at radius 3 is 2.24 bits per heavy atom. The Hall–Kier alpha value is -2.71. The second kappa shape index (κ2) is 9.67. The number of anilines is 1. The largest absolute Gasteiger partial charge is 0.495 e. The molecule has 0 aliphatic carbocycles. The predicted octanol–water partition coefficient (Wildman–Crippen LogP) is 4.43. The maximum Gasteiger partial charge on any atom is 0.274 e. The van der Waals surface area contributed by atoms with Crippen LogP contribution in [0, 0.1) is 0 Å². The first-order valence-electron chi connectivity index (χ1n) is 9.11. The topological polar surface area (TPSA) is 65.1 Å². The van der Waals surface area contributed by atoms with Crippen molar-refractivity contribution in [1.29, 1.82) is 0 Å². The summed E-state index contributed by atoms with van der Waals surface area (Å²) in [5.74, 6) is 1.88. The minimum Gasteiger partial charge on any atom is -0.495 e. The molecule has 1 aromatic heterocycles. The van der Waals surface area contributed by atoms with Crippen molar-refractivity contribution in [2.24, 2.45) is 0 Å².